The predicted octanol–water partition coefficient (Wildman–Crippen LogP) is 3.97. The van der Waals surface area contributed by atoms with Gasteiger partial charge in [-0.15, -0.1) is 0 Å². The molecule has 2 atom stereocenters. The largest absolute Gasteiger partial charge is 0.497 e. The molecule has 19 heavy (non-hydrogen) atoms. The lowest BCUT2D eigenvalue weighted by molar-refractivity contribution is 0.391. The van der Waals surface area contributed by atoms with E-state index in [1.807, 2.05) is 12.1 Å². The van der Waals surface area contributed by atoms with Crippen molar-refractivity contribution in [2.24, 2.45) is 0 Å². The van der Waals surface area contributed by atoms with Crippen molar-refractivity contribution >= 4 is 0 Å². The van der Waals surface area contributed by atoms with Gasteiger partial charge in [0.2, 0.25) is 0 Å². The number of hydrogen-bond acceptors (Lipinski definition) is 2. The van der Waals surface area contributed by atoms with Gasteiger partial charge in [-0.25, -0.2) is 0 Å². The van der Waals surface area contributed by atoms with Crippen molar-refractivity contribution in [3.8, 4) is 11.5 Å². The molecule has 2 aromatic rings. The summed E-state index contributed by atoms with van der Waals surface area (Å²) in [5, 5.41) is 0. The molecule has 0 saturated heterocycles. The van der Waals surface area contributed by atoms with Gasteiger partial charge in [0.1, 0.15) is 11.5 Å². The van der Waals surface area contributed by atoms with E-state index in [2.05, 4.69) is 36.4 Å². The number of benzene rings is 2. The Morgan fingerprint density at radius 3 is 2.37 bits per heavy atom. The van der Waals surface area contributed by atoms with E-state index in [9.17, 15) is 0 Å². The molecule has 2 nitrogen and oxygen atoms in total. The standard InChI is InChI=1S/C17H18O2/c1-18-13-8-9-14(17(10-13)19-2)16-11-15(16)12-6-4-3-5-7-12/h3-10,15-16H,11H2,1-2H3/t15-,16-/m0/s1. The van der Waals surface area contributed by atoms with E-state index in [0.29, 0.717) is 11.8 Å². The minimum Gasteiger partial charge on any atom is -0.497 e. The second kappa shape index (κ2) is 4.96. The fraction of sp³-hybridized carbons (Fsp3) is 0.294. The van der Waals surface area contributed by atoms with Crippen molar-refractivity contribution in [1.82, 2.24) is 0 Å². The quantitative estimate of drug-likeness (QED) is 0.821. The Labute approximate surface area is 114 Å². The predicted molar refractivity (Wildman–Crippen MR) is 76.1 cm³/mol. The number of ether oxygens (including phenoxy) is 2. The Morgan fingerprint density at radius 2 is 1.68 bits per heavy atom. The van der Waals surface area contributed by atoms with Gasteiger partial charge in [-0.3, -0.25) is 0 Å². The molecular formula is C17H18O2. The van der Waals surface area contributed by atoms with Crippen LogP contribution in [0.25, 0.3) is 0 Å². The third kappa shape index (κ3) is 2.30. The highest BCUT2D eigenvalue weighted by Gasteiger charge is 2.40. The molecule has 0 bridgehead atoms. The summed E-state index contributed by atoms with van der Waals surface area (Å²) in [5.41, 5.74) is 2.71. The molecule has 3 rings (SSSR count). The van der Waals surface area contributed by atoms with Crippen LogP contribution in [-0.4, -0.2) is 14.2 Å². The van der Waals surface area contributed by atoms with Crippen molar-refractivity contribution in [1.29, 1.82) is 0 Å². The summed E-state index contributed by atoms with van der Waals surface area (Å²) in [7, 11) is 3.40. The van der Waals surface area contributed by atoms with Gasteiger partial charge in [0, 0.05) is 6.07 Å². The summed E-state index contributed by atoms with van der Waals surface area (Å²) in [6.07, 6.45) is 1.20. The maximum Gasteiger partial charge on any atom is 0.126 e. The van der Waals surface area contributed by atoms with Crippen LogP contribution in [0, 0.1) is 0 Å². The van der Waals surface area contributed by atoms with Crippen molar-refractivity contribution in [2.45, 2.75) is 18.3 Å². The van der Waals surface area contributed by atoms with E-state index in [4.69, 9.17) is 9.47 Å². The van der Waals surface area contributed by atoms with Crippen molar-refractivity contribution < 1.29 is 9.47 Å². The Hall–Kier alpha value is -1.96. The van der Waals surface area contributed by atoms with Crippen LogP contribution in [0.5, 0.6) is 11.5 Å². The third-order valence-corrected chi connectivity index (χ3v) is 3.86. The summed E-state index contributed by atoms with van der Waals surface area (Å²) >= 11 is 0. The average molecular weight is 254 g/mol. The number of hydrogen-bond donors (Lipinski definition) is 0. The molecule has 0 radical (unpaired) electrons. The van der Waals surface area contributed by atoms with Gasteiger partial charge >= 0.3 is 0 Å². The highest BCUT2D eigenvalue weighted by atomic mass is 16.5. The smallest absolute Gasteiger partial charge is 0.126 e. The Bertz CT molecular complexity index is 563. The fourth-order valence-corrected chi connectivity index (χ4v) is 2.73. The molecule has 1 aliphatic carbocycles. The van der Waals surface area contributed by atoms with E-state index in [1.165, 1.54) is 17.5 Å². The lowest BCUT2D eigenvalue weighted by Crippen LogP contribution is -1.93. The van der Waals surface area contributed by atoms with Gasteiger partial charge in [-0.2, -0.15) is 0 Å². The SMILES string of the molecule is COc1ccc([C@@H]2C[C@H]2c2ccccc2)c(OC)c1. The maximum absolute atomic E-state index is 5.49. The van der Waals surface area contributed by atoms with Crippen LogP contribution in [0.1, 0.15) is 29.4 Å². The summed E-state index contributed by atoms with van der Waals surface area (Å²) < 4.78 is 10.7. The molecule has 1 aliphatic rings. The molecule has 0 aliphatic heterocycles. The van der Waals surface area contributed by atoms with Gasteiger partial charge in [-0.1, -0.05) is 36.4 Å². The zero-order valence-electron chi connectivity index (χ0n) is 11.3. The highest BCUT2D eigenvalue weighted by Crippen LogP contribution is 2.56. The Morgan fingerprint density at radius 1 is 0.895 bits per heavy atom. The van der Waals surface area contributed by atoms with Crippen molar-refractivity contribution in [3.63, 3.8) is 0 Å². The lowest BCUT2D eigenvalue weighted by atomic mass is 10.0. The van der Waals surface area contributed by atoms with Crippen LogP contribution in [0.2, 0.25) is 0 Å². The van der Waals surface area contributed by atoms with Crippen LogP contribution in [-0.2, 0) is 0 Å². The molecule has 0 aromatic heterocycles. The topological polar surface area (TPSA) is 18.5 Å². The van der Waals surface area contributed by atoms with Crippen molar-refractivity contribution in [3.05, 3.63) is 59.7 Å². The normalized spacial score (nSPS) is 20.9. The van der Waals surface area contributed by atoms with Crippen LogP contribution >= 0.6 is 0 Å². The molecule has 1 saturated carbocycles. The molecule has 2 aromatic carbocycles. The van der Waals surface area contributed by atoms with Crippen LogP contribution in [0.3, 0.4) is 0 Å². The van der Waals surface area contributed by atoms with Gasteiger partial charge in [0.25, 0.3) is 0 Å². The number of rotatable bonds is 4. The number of methoxy groups -OCH3 is 2. The second-order valence-corrected chi connectivity index (χ2v) is 4.97. The molecule has 98 valence electrons. The highest BCUT2D eigenvalue weighted by molar-refractivity contribution is 5.47. The van der Waals surface area contributed by atoms with E-state index < -0.39 is 0 Å². The first-order valence-electron chi connectivity index (χ1n) is 6.60. The lowest BCUT2D eigenvalue weighted by Gasteiger charge is -2.10. The molecule has 0 unspecified atom stereocenters. The zero-order chi connectivity index (χ0) is 13.2. The Balaban J connectivity index is 1.85. The van der Waals surface area contributed by atoms with Gasteiger partial charge in [0.15, 0.2) is 0 Å². The molecule has 2 heteroatoms. The molecule has 0 spiro atoms. The van der Waals surface area contributed by atoms with Crippen molar-refractivity contribution in [2.75, 3.05) is 14.2 Å². The minimum atomic E-state index is 0.572. The average Bonchev–Trinajstić information content (AvgIpc) is 3.27. The van der Waals surface area contributed by atoms with E-state index >= 15 is 0 Å². The molecule has 0 N–H and O–H groups in total. The van der Waals surface area contributed by atoms with E-state index in [0.717, 1.165) is 11.5 Å². The summed E-state index contributed by atoms with van der Waals surface area (Å²) in [4.78, 5) is 0. The third-order valence-electron chi connectivity index (χ3n) is 3.86. The van der Waals surface area contributed by atoms with Crippen LogP contribution in [0.15, 0.2) is 48.5 Å². The monoisotopic (exact) mass is 254 g/mol. The van der Waals surface area contributed by atoms with Gasteiger partial charge < -0.3 is 9.47 Å². The van der Waals surface area contributed by atoms with Gasteiger partial charge in [0.05, 0.1) is 14.2 Å². The van der Waals surface area contributed by atoms with E-state index in [-0.39, 0.29) is 0 Å². The van der Waals surface area contributed by atoms with E-state index in [1.54, 1.807) is 14.2 Å². The fourth-order valence-electron chi connectivity index (χ4n) is 2.73. The molecule has 0 heterocycles. The first kappa shape index (κ1) is 12.1. The molecule has 0 amide bonds. The van der Waals surface area contributed by atoms with Gasteiger partial charge in [-0.05, 0) is 35.4 Å². The Kier molecular flexibility index (Phi) is 3.16. The minimum absolute atomic E-state index is 0.572. The van der Waals surface area contributed by atoms with Crippen LogP contribution < -0.4 is 9.47 Å². The summed E-state index contributed by atoms with van der Waals surface area (Å²) in [6, 6.07) is 16.8. The zero-order valence-corrected chi connectivity index (χ0v) is 11.3. The first-order chi connectivity index (χ1) is 9.33. The summed E-state index contributed by atoms with van der Waals surface area (Å²) in [5.74, 6) is 2.98. The molecular weight excluding hydrogens is 236 g/mol. The first-order valence-corrected chi connectivity index (χ1v) is 6.60. The molecule has 1 fully saturated rings. The van der Waals surface area contributed by atoms with Crippen LogP contribution in [0.4, 0.5) is 0 Å². The second-order valence-electron chi connectivity index (χ2n) is 4.97. The summed E-state index contributed by atoms with van der Waals surface area (Å²) in [6.45, 7) is 0. The maximum atomic E-state index is 5.49.